The smallest absolute Gasteiger partial charge is 0.243 e. The predicted molar refractivity (Wildman–Crippen MR) is 93.8 cm³/mol. The lowest BCUT2D eigenvalue weighted by Gasteiger charge is -2.33. The fourth-order valence-corrected chi connectivity index (χ4v) is 3.80. The van der Waals surface area contributed by atoms with Gasteiger partial charge in [0.15, 0.2) is 0 Å². The topological polar surface area (TPSA) is 32.3 Å². The average molecular weight is 312 g/mol. The zero-order valence-corrected chi connectivity index (χ0v) is 13.7. The number of benzene rings is 2. The maximum absolute atomic E-state index is 12.3. The van der Waals surface area contributed by atoms with Gasteiger partial charge in [0.05, 0.1) is 12.2 Å². The average Bonchev–Trinajstić information content (AvgIpc) is 2.49. The molecule has 1 atom stereocenters. The van der Waals surface area contributed by atoms with E-state index in [9.17, 15) is 4.79 Å². The third-order valence-corrected chi connectivity index (χ3v) is 4.83. The fourth-order valence-electron chi connectivity index (χ4n) is 2.64. The summed E-state index contributed by atoms with van der Waals surface area (Å²) in [6.45, 7) is 5.51. The number of amides is 1. The van der Waals surface area contributed by atoms with Crippen molar-refractivity contribution < 1.29 is 4.79 Å². The van der Waals surface area contributed by atoms with E-state index in [1.165, 1.54) is 10.5 Å². The minimum absolute atomic E-state index is 0.0257. The number of hydrogen-bond donors (Lipinski definition) is 1. The van der Waals surface area contributed by atoms with Crippen LogP contribution >= 0.6 is 11.8 Å². The van der Waals surface area contributed by atoms with E-state index < -0.39 is 0 Å². The maximum atomic E-state index is 12.3. The molecule has 0 aliphatic carbocycles. The van der Waals surface area contributed by atoms with E-state index in [-0.39, 0.29) is 5.91 Å². The number of hydrogen-bond acceptors (Lipinski definition) is 3. The first-order valence-electron chi connectivity index (χ1n) is 7.49. The van der Waals surface area contributed by atoms with Gasteiger partial charge in [-0.3, -0.25) is 4.79 Å². The predicted octanol–water partition coefficient (Wildman–Crippen LogP) is 3.93. The molecule has 2 aromatic carbocycles. The van der Waals surface area contributed by atoms with Crippen molar-refractivity contribution in [3.63, 3.8) is 0 Å². The monoisotopic (exact) mass is 312 g/mol. The van der Waals surface area contributed by atoms with Crippen LogP contribution in [0.5, 0.6) is 0 Å². The van der Waals surface area contributed by atoms with Gasteiger partial charge < -0.3 is 10.2 Å². The Morgan fingerprint density at radius 3 is 2.73 bits per heavy atom. The van der Waals surface area contributed by atoms with Crippen LogP contribution in [0.25, 0.3) is 0 Å². The lowest BCUT2D eigenvalue weighted by Crippen LogP contribution is -2.39. The largest absolute Gasteiger partial charge is 0.360 e. The zero-order valence-electron chi connectivity index (χ0n) is 12.9. The third-order valence-electron chi connectivity index (χ3n) is 3.68. The molecule has 0 radical (unpaired) electrons. The highest BCUT2D eigenvalue weighted by Crippen LogP contribution is 2.37. The summed E-state index contributed by atoms with van der Waals surface area (Å²) in [5.41, 5.74) is 3.20. The van der Waals surface area contributed by atoms with E-state index in [0.717, 1.165) is 17.9 Å². The van der Waals surface area contributed by atoms with Gasteiger partial charge in [0, 0.05) is 22.4 Å². The molecular formula is C18H20N2OS. The fraction of sp³-hybridized carbons (Fsp3) is 0.278. The van der Waals surface area contributed by atoms with Crippen LogP contribution in [0.2, 0.25) is 0 Å². The number of carbonyl (C=O) groups is 1. The quantitative estimate of drug-likeness (QED) is 0.932. The number of carbonyl (C=O) groups excluding carboxylic acids is 1. The van der Waals surface area contributed by atoms with E-state index in [4.69, 9.17) is 0 Å². The van der Waals surface area contributed by atoms with Crippen LogP contribution in [0.3, 0.4) is 0 Å². The number of thioether (sulfide) groups is 1. The van der Waals surface area contributed by atoms with Gasteiger partial charge >= 0.3 is 0 Å². The van der Waals surface area contributed by atoms with Crippen LogP contribution in [0.1, 0.15) is 12.5 Å². The number of nitrogens with one attached hydrogen (secondary N) is 1. The summed E-state index contributed by atoms with van der Waals surface area (Å²) >= 11 is 1.87. The second kappa shape index (κ2) is 6.44. The van der Waals surface area contributed by atoms with Gasteiger partial charge in [-0.1, -0.05) is 36.8 Å². The van der Waals surface area contributed by atoms with Crippen molar-refractivity contribution in [1.82, 2.24) is 0 Å². The molecule has 1 N–H and O–H groups in total. The number of rotatable bonds is 3. The molecule has 0 saturated heterocycles. The number of para-hydroxylation sites is 1. The van der Waals surface area contributed by atoms with Gasteiger partial charge in [0.25, 0.3) is 0 Å². The molecule has 0 unspecified atom stereocenters. The lowest BCUT2D eigenvalue weighted by atomic mass is 10.2. The van der Waals surface area contributed by atoms with Gasteiger partial charge in [-0.15, -0.1) is 11.8 Å². The minimum atomic E-state index is 0.0257. The normalized spacial score (nSPS) is 17.0. The van der Waals surface area contributed by atoms with Gasteiger partial charge in [0.1, 0.15) is 0 Å². The molecule has 114 valence electrons. The van der Waals surface area contributed by atoms with Crippen molar-refractivity contribution in [2.45, 2.75) is 24.0 Å². The van der Waals surface area contributed by atoms with Crippen molar-refractivity contribution in [2.75, 3.05) is 23.3 Å². The highest BCUT2D eigenvalue weighted by molar-refractivity contribution is 8.00. The first-order chi connectivity index (χ1) is 10.6. The Morgan fingerprint density at radius 1 is 1.23 bits per heavy atom. The Morgan fingerprint density at radius 2 is 1.95 bits per heavy atom. The summed E-state index contributed by atoms with van der Waals surface area (Å²) in [5.74, 6) is 0.0257. The Labute approximate surface area is 135 Å². The first kappa shape index (κ1) is 15.0. The minimum Gasteiger partial charge on any atom is -0.360 e. The molecular weight excluding hydrogens is 292 g/mol. The SMILES string of the molecule is Cc1ccc(NC(=O)CN2C[C@H](C)Sc3ccccc32)cc1. The van der Waals surface area contributed by atoms with Crippen LogP contribution < -0.4 is 10.2 Å². The highest BCUT2D eigenvalue weighted by atomic mass is 32.2. The van der Waals surface area contributed by atoms with E-state index in [2.05, 4.69) is 35.3 Å². The molecule has 22 heavy (non-hydrogen) atoms. The van der Waals surface area contributed by atoms with E-state index in [1.807, 2.05) is 49.0 Å². The molecule has 0 bridgehead atoms. The molecule has 0 fully saturated rings. The molecule has 0 aromatic heterocycles. The summed E-state index contributed by atoms with van der Waals surface area (Å²) in [5, 5.41) is 3.46. The summed E-state index contributed by atoms with van der Waals surface area (Å²) in [6.07, 6.45) is 0. The second-order valence-corrected chi connectivity index (χ2v) is 7.17. The molecule has 1 amide bonds. The lowest BCUT2D eigenvalue weighted by molar-refractivity contribution is -0.115. The Balaban J connectivity index is 1.70. The van der Waals surface area contributed by atoms with E-state index in [0.29, 0.717) is 11.8 Å². The molecule has 4 heteroatoms. The van der Waals surface area contributed by atoms with Crippen LogP contribution in [0.15, 0.2) is 53.4 Å². The van der Waals surface area contributed by atoms with E-state index >= 15 is 0 Å². The van der Waals surface area contributed by atoms with Crippen molar-refractivity contribution in [3.8, 4) is 0 Å². The van der Waals surface area contributed by atoms with Crippen molar-refractivity contribution in [3.05, 3.63) is 54.1 Å². The number of anilines is 2. The van der Waals surface area contributed by atoms with Gasteiger partial charge in [0.2, 0.25) is 5.91 Å². The van der Waals surface area contributed by atoms with Crippen LogP contribution in [0, 0.1) is 6.92 Å². The Hall–Kier alpha value is -1.94. The molecule has 1 heterocycles. The Bertz CT molecular complexity index is 669. The third kappa shape index (κ3) is 3.45. The zero-order chi connectivity index (χ0) is 15.5. The first-order valence-corrected chi connectivity index (χ1v) is 8.37. The van der Waals surface area contributed by atoms with Gasteiger partial charge in [-0.05, 0) is 31.2 Å². The summed E-state index contributed by atoms with van der Waals surface area (Å²) in [6, 6.07) is 16.2. The van der Waals surface area contributed by atoms with Crippen LogP contribution in [-0.4, -0.2) is 24.2 Å². The van der Waals surface area contributed by atoms with Gasteiger partial charge in [-0.2, -0.15) is 0 Å². The molecule has 0 spiro atoms. The molecule has 3 nitrogen and oxygen atoms in total. The van der Waals surface area contributed by atoms with Gasteiger partial charge in [-0.25, -0.2) is 0 Å². The summed E-state index contributed by atoms with van der Waals surface area (Å²) in [7, 11) is 0. The molecule has 1 aliphatic heterocycles. The molecule has 2 aromatic rings. The van der Waals surface area contributed by atoms with E-state index in [1.54, 1.807) is 0 Å². The van der Waals surface area contributed by atoms with Crippen molar-refractivity contribution in [2.24, 2.45) is 0 Å². The van der Waals surface area contributed by atoms with Crippen LogP contribution in [0.4, 0.5) is 11.4 Å². The number of aryl methyl sites for hydroxylation is 1. The standard InChI is InChI=1S/C18H20N2OS/c1-13-7-9-15(10-8-13)19-18(21)12-20-11-14(2)22-17-6-4-3-5-16(17)20/h3-10,14H,11-12H2,1-2H3,(H,19,21)/t14-/m0/s1. The second-order valence-electron chi connectivity index (χ2n) is 5.69. The molecule has 0 saturated carbocycles. The molecule has 1 aliphatic rings. The number of nitrogens with zero attached hydrogens (tertiary/aromatic N) is 1. The summed E-state index contributed by atoms with van der Waals surface area (Å²) < 4.78 is 0. The van der Waals surface area contributed by atoms with Crippen LogP contribution in [-0.2, 0) is 4.79 Å². The Kier molecular flexibility index (Phi) is 4.39. The van der Waals surface area contributed by atoms with Crippen molar-refractivity contribution in [1.29, 1.82) is 0 Å². The van der Waals surface area contributed by atoms with Crippen molar-refractivity contribution >= 4 is 29.0 Å². The number of fused-ring (bicyclic) bond motifs is 1. The summed E-state index contributed by atoms with van der Waals surface area (Å²) in [4.78, 5) is 15.7. The maximum Gasteiger partial charge on any atom is 0.243 e. The highest BCUT2D eigenvalue weighted by Gasteiger charge is 2.23. The molecule has 3 rings (SSSR count).